The first-order chi connectivity index (χ1) is 7.69. The maximum atomic E-state index is 5.66. The van der Waals surface area contributed by atoms with E-state index in [0.29, 0.717) is 11.8 Å². The molecular formula is C11H21ClN4O. The Bertz CT molecular complexity index is 342. The minimum Gasteiger partial charge on any atom is -0.339 e. The van der Waals surface area contributed by atoms with Crippen LogP contribution in [0, 0.1) is 5.92 Å². The van der Waals surface area contributed by atoms with Crippen molar-refractivity contribution in [1.29, 1.82) is 0 Å². The summed E-state index contributed by atoms with van der Waals surface area (Å²) < 4.78 is 5.18. The lowest BCUT2D eigenvalue weighted by Gasteiger charge is -2.12. The molecule has 1 unspecified atom stereocenters. The zero-order valence-electron chi connectivity index (χ0n) is 10.4. The molecule has 5 nitrogen and oxygen atoms in total. The Balaban J connectivity index is 0.00000144. The van der Waals surface area contributed by atoms with Crippen molar-refractivity contribution in [3.05, 3.63) is 11.7 Å². The van der Waals surface area contributed by atoms with Gasteiger partial charge in [0.25, 0.3) is 0 Å². The van der Waals surface area contributed by atoms with Gasteiger partial charge in [-0.25, -0.2) is 0 Å². The third-order valence-corrected chi connectivity index (χ3v) is 3.05. The summed E-state index contributed by atoms with van der Waals surface area (Å²) in [5, 5.41) is 3.99. The Labute approximate surface area is 108 Å². The molecule has 1 fully saturated rings. The molecule has 0 radical (unpaired) electrons. The molecule has 2 heterocycles. The lowest BCUT2D eigenvalue weighted by atomic mass is 10.1. The van der Waals surface area contributed by atoms with Gasteiger partial charge in [0.2, 0.25) is 5.89 Å². The fourth-order valence-corrected chi connectivity index (χ4v) is 2.02. The largest absolute Gasteiger partial charge is 0.339 e. The lowest BCUT2D eigenvalue weighted by Crippen LogP contribution is -2.23. The second-order valence-electron chi connectivity index (χ2n) is 4.83. The van der Waals surface area contributed by atoms with Gasteiger partial charge in [0.05, 0.1) is 6.54 Å². The minimum atomic E-state index is 0. The van der Waals surface area contributed by atoms with E-state index in [1.54, 1.807) is 0 Å². The van der Waals surface area contributed by atoms with Crippen LogP contribution in [0.5, 0.6) is 0 Å². The average Bonchev–Trinajstić information content (AvgIpc) is 2.87. The van der Waals surface area contributed by atoms with Crippen molar-refractivity contribution in [2.24, 2.45) is 11.7 Å². The molecule has 0 spiro atoms. The molecule has 1 saturated heterocycles. The first-order valence-electron chi connectivity index (χ1n) is 5.94. The van der Waals surface area contributed by atoms with E-state index < -0.39 is 0 Å². The van der Waals surface area contributed by atoms with Crippen molar-refractivity contribution >= 4 is 12.4 Å². The zero-order chi connectivity index (χ0) is 11.5. The van der Waals surface area contributed by atoms with Crippen LogP contribution in [0.3, 0.4) is 0 Å². The van der Waals surface area contributed by atoms with E-state index in [1.807, 2.05) is 0 Å². The van der Waals surface area contributed by atoms with Gasteiger partial charge in [0.15, 0.2) is 5.82 Å². The molecule has 0 saturated carbocycles. The molecule has 1 aromatic rings. The summed E-state index contributed by atoms with van der Waals surface area (Å²) in [4.78, 5) is 6.71. The van der Waals surface area contributed by atoms with Crippen molar-refractivity contribution in [2.75, 3.05) is 19.6 Å². The van der Waals surface area contributed by atoms with Crippen molar-refractivity contribution in [3.8, 4) is 0 Å². The fraction of sp³-hybridized carbons (Fsp3) is 0.818. The highest BCUT2D eigenvalue weighted by atomic mass is 35.5. The Morgan fingerprint density at radius 3 is 2.82 bits per heavy atom. The number of halogens is 1. The number of hydrogen-bond acceptors (Lipinski definition) is 5. The third-order valence-electron chi connectivity index (χ3n) is 3.05. The van der Waals surface area contributed by atoms with Gasteiger partial charge < -0.3 is 10.3 Å². The van der Waals surface area contributed by atoms with Gasteiger partial charge in [-0.3, -0.25) is 4.90 Å². The number of rotatable bonds is 4. The van der Waals surface area contributed by atoms with Crippen LogP contribution in [0.1, 0.15) is 37.9 Å². The summed E-state index contributed by atoms with van der Waals surface area (Å²) in [5.41, 5.74) is 5.66. The van der Waals surface area contributed by atoms with Gasteiger partial charge in [-0.2, -0.15) is 4.98 Å². The maximum absolute atomic E-state index is 5.66. The van der Waals surface area contributed by atoms with Gasteiger partial charge in [-0.05, 0) is 25.4 Å². The Hall–Kier alpha value is -0.650. The molecule has 1 aliphatic heterocycles. The Kier molecular flexibility index (Phi) is 5.36. The zero-order valence-corrected chi connectivity index (χ0v) is 11.2. The van der Waals surface area contributed by atoms with Gasteiger partial charge in [-0.15, -0.1) is 12.4 Å². The number of hydrogen-bond donors (Lipinski definition) is 1. The van der Waals surface area contributed by atoms with E-state index in [2.05, 4.69) is 28.9 Å². The summed E-state index contributed by atoms with van der Waals surface area (Å²) >= 11 is 0. The molecule has 2 N–H and O–H groups in total. The molecule has 0 aliphatic carbocycles. The van der Waals surface area contributed by atoms with Crippen molar-refractivity contribution in [3.63, 3.8) is 0 Å². The molecule has 0 amide bonds. The van der Waals surface area contributed by atoms with Gasteiger partial charge in [-0.1, -0.05) is 19.0 Å². The molecule has 0 bridgehead atoms. The highest BCUT2D eigenvalue weighted by Crippen LogP contribution is 2.17. The summed E-state index contributed by atoms with van der Waals surface area (Å²) in [5.74, 6) is 2.46. The van der Waals surface area contributed by atoms with E-state index >= 15 is 0 Å². The molecule has 1 atom stereocenters. The molecule has 98 valence electrons. The topological polar surface area (TPSA) is 68.2 Å². The predicted molar refractivity (Wildman–Crippen MR) is 68.1 cm³/mol. The summed E-state index contributed by atoms with van der Waals surface area (Å²) in [7, 11) is 0. The summed E-state index contributed by atoms with van der Waals surface area (Å²) in [6, 6.07) is 0. The molecule has 17 heavy (non-hydrogen) atoms. The molecule has 1 aromatic heterocycles. The van der Waals surface area contributed by atoms with Crippen LogP contribution >= 0.6 is 12.4 Å². The number of nitrogens with two attached hydrogens (primary N) is 1. The maximum Gasteiger partial charge on any atom is 0.229 e. The summed E-state index contributed by atoms with van der Waals surface area (Å²) in [6.07, 6.45) is 1.19. The third kappa shape index (κ3) is 3.66. The molecule has 6 heteroatoms. The number of likely N-dealkylation sites (tertiary alicyclic amines) is 1. The lowest BCUT2D eigenvalue weighted by molar-refractivity contribution is 0.298. The smallest absolute Gasteiger partial charge is 0.229 e. The highest BCUT2D eigenvalue weighted by Gasteiger charge is 2.22. The van der Waals surface area contributed by atoms with Crippen LogP contribution in [0.2, 0.25) is 0 Å². The monoisotopic (exact) mass is 260 g/mol. The summed E-state index contributed by atoms with van der Waals surface area (Å²) in [6.45, 7) is 7.82. The van der Waals surface area contributed by atoms with Crippen LogP contribution in [-0.2, 0) is 6.54 Å². The van der Waals surface area contributed by atoms with Crippen LogP contribution < -0.4 is 5.73 Å². The quantitative estimate of drug-likeness (QED) is 0.886. The predicted octanol–water partition coefficient (Wildman–Crippen LogP) is 1.40. The van der Waals surface area contributed by atoms with E-state index in [4.69, 9.17) is 10.3 Å². The average molecular weight is 261 g/mol. The second kappa shape index (κ2) is 6.33. The van der Waals surface area contributed by atoms with Crippen LogP contribution in [0.4, 0.5) is 0 Å². The van der Waals surface area contributed by atoms with Gasteiger partial charge >= 0.3 is 0 Å². The van der Waals surface area contributed by atoms with E-state index in [1.165, 1.54) is 6.42 Å². The van der Waals surface area contributed by atoms with Crippen LogP contribution in [0.15, 0.2) is 4.52 Å². The number of nitrogens with zero attached hydrogens (tertiary/aromatic N) is 3. The molecule has 2 rings (SSSR count). The normalized spacial score (nSPS) is 20.8. The molecule has 1 aliphatic rings. The first-order valence-corrected chi connectivity index (χ1v) is 5.94. The number of aromatic nitrogens is 2. The highest BCUT2D eigenvalue weighted by molar-refractivity contribution is 5.85. The van der Waals surface area contributed by atoms with E-state index in [0.717, 1.165) is 37.9 Å². The Morgan fingerprint density at radius 1 is 1.53 bits per heavy atom. The van der Waals surface area contributed by atoms with Crippen LogP contribution in [-0.4, -0.2) is 34.7 Å². The molecular weight excluding hydrogens is 240 g/mol. The molecule has 0 aromatic carbocycles. The van der Waals surface area contributed by atoms with E-state index in [9.17, 15) is 0 Å². The van der Waals surface area contributed by atoms with Gasteiger partial charge in [0.1, 0.15) is 0 Å². The first kappa shape index (κ1) is 14.4. The van der Waals surface area contributed by atoms with Crippen molar-refractivity contribution in [1.82, 2.24) is 15.0 Å². The second-order valence-corrected chi connectivity index (χ2v) is 4.83. The van der Waals surface area contributed by atoms with Crippen molar-refractivity contribution < 1.29 is 4.52 Å². The van der Waals surface area contributed by atoms with Crippen LogP contribution in [0.25, 0.3) is 0 Å². The van der Waals surface area contributed by atoms with Crippen molar-refractivity contribution in [2.45, 2.75) is 32.7 Å². The minimum absolute atomic E-state index is 0. The van der Waals surface area contributed by atoms with Gasteiger partial charge in [0, 0.05) is 12.5 Å². The standard InChI is InChI=1S/C11H20N4O.ClH/c1-8(2)11-13-10(14-16-11)7-15-4-3-9(5-12)6-15;/h8-9H,3-7,12H2,1-2H3;1H. The fourth-order valence-electron chi connectivity index (χ4n) is 2.02. The Morgan fingerprint density at radius 2 is 2.29 bits per heavy atom. The SMILES string of the molecule is CC(C)c1nc(CN2CCC(CN)C2)no1.Cl. The van der Waals surface area contributed by atoms with E-state index in [-0.39, 0.29) is 12.4 Å².